The van der Waals surface area contributed by atoms with Gasteiger partial charge in [0.25, 0.3) is 0 Å². The number of nitrogens with one attached hydrogen (secondary N) is 1. The molecule has 1 aromatic rings. The van der Waals surface area contributed by atoms with E-state index in [0.29, 0.717) is 6.04 Å². The highest BCUT2D eigenvalue weighted by Gasteiger charge is 2.23. The minimum Gasteiger partial charge on any atom is -0.297 e. The SMILES string of the molecule is CC(C)NC(C)(C#N)CCCCSc1ncnn1C. The van der Waals surface area contributed by atoms with Gasteiger partial charge in [-0.05, 0) is 40.0 Å². The second kappa shape index (κ2) is 7.51. The van der Waals surface area contributed by atoms with Crippen molar-refractivity contribution in [3.8, 4) is 6.07 Å². The van der Waals surface area contributed by atoms with Gasteiger partial charge in [0, 0.05) is 18.8 Å². The van der Waals surface area contributed by atoms with Crippen LogP contribution in [0.4, 0.5) is 0 Å². The van der Waals surface area contributed by atoms with E-state index in [1.807, 2.05) is 14.0 Å². The summed E-state index contributed by atoms with van der Waals surface area (Å²) in [4.78, 5) is 4.17. The van der Waals surface area contributed by atoms with Crippen LogP contribution in [0.25, 0.3) is 0 Å². The number of nitriles is 1. The first-order valence-corrected chi connectivity index (χ1v) is 7.61. The number of rotatable bonds is 8. The summed E-state index contributed by atoms with van der Waals surface area (Å²) in [7, 11) is 1.90. The summed E-state index contributed by atoms with van der Waals surface area (Å²) < 4.78 is 1.78. The van der Waals surface area contributed by atoms with Crippen LogP contribution in [0, 0.1) is 11.3 Å². The second-order valence-corrected chi connectivity index (χ2v) is 6.28. The summed E-state index contributed by atoms with van der Waals surface area (Å²) in [6, 6.07) is 2.71. The van der Waals surface area contributed by atoms with Gasteiger partial charge in [0.15, 0.2) is 5.16 Å². The van der Waals surface area contributed by atoms with Gasteiger partial charge in [-0.25, -0.2) is 9.67 Å². The van der Waals surface area contributed by atoms with E-state index in [2.05, 4.69) is 35.3 Å². The van der Waals surface area contributed by atoms with Crippen molar-refractivity contribution in [2.75, 3.05) is 5.75 Å². The molecule has 0 spiro atoms. The predicted molar refractivity (Wildman–Crippen MR) is 77.9 cm³/mol. The van der Waals surface area contributed by atoms with Crippen molar-refractivity contribution in [2.45, 2.75) is 56.8 Å². The molecule has 19 heavy (non-hydrogen) atoms. The van der Waals surface area contributed by atoms with Crippen LogP contribution in [-0.4, -0.2) is 32.1 Å². The first kappa shape index (κ1) is 16.0. The summed E-state index contributed by atoms with van der Waals surface area (Å²) in [5, 5.41) is 17.5. The van der Waals surface area contributed by atoms with Crippen LogP contribution in [0.3, 0.4) is 0 Å². The van der Waals surface area contributed by atoms with Crippen molar-refractivity contribution in [3.05, 3.63) is 6.33 Å². The summed E-state index contributed by atoms with van der Waals surface area (Å²) in [6.45, 7) is 6.11. The maximum atomic E-state index is 9.24. The topological polar surface area (TPSA) is 66.5 Å². The normalized spacial score (nSPS) is 14.3. The van der Waals surface area contributed by atoms with Crippen LogP contribution in [0.5, 0.6) is 0 Å². The average Bonchev–Trinajstić information content (AvgIpc) is 2.74. The molecule has 0 aliphatic carbocycles. The molecule has 0 radical (unpaired) electrons. The van der Waals surface area contributed by atoms with E-state index in [1.165, 1.54) is 0 Å². The van der Waals surface area contributed by atoms with Gasteiger partial charge in [0.2, 0.25) is 0 Å². The molecule has 0 aromatic carbocycles. The molecule has 0 bridgehead atoms. The van der Waals surface area contributed by atoms with Crippen molar-refractivity contribution < 1.29 is 0 Å². The number of nitrogens with zero attached hydrogens (tertiary/aromatic N) is 4. The molecule has 0 aliphatic rings. The third kappa shape index (κ3) is 5.62. The third-order valence-corrected chi connectivity index (χ3v) is 3.95. The lowest BCUT2D eigenvalue weighted by molar-refractivity contribution is 0.372. The van der Waals surface area contributed by atoms with Crippen LogP contribution in [-0.2, 0) is 7.05 Å². The van der Waals surface area contributed by atoms with Crippen molar-refractivity contribution in [1.29, 1.82) is 5.26 Å². The van der Waals surface area contributed by atoms with Crippen molar-refractivity contribution in [2.24, 2.45) is 7.05 Å². The minimum absolute atomic E-state index is 0.331. The fourth-order valence-electron chi connectivity index (χ4n) is 1.96. The maximum Gasteiger partial charge on any atom is 0.185 e. The highest BCUT2D eigenvalue weighted by Crippen LogP contribution is 2.18. The van der Waals surface area contributed by atoms with Crippen molar-refractivity contribution in [3.63, 3.8) is 0 Å². The van der Waals surface area contributed by atoms with Crippen LogP contribution in [0.1, 0.15) is 40.0 Å². The van der Waals surface area contributed by atoms with E-state index in [4.69, 9.17) is 0 Å². The van der Waals surface area contributed by atoms with Gasteiger partial charge in [-0.3, -0.25) is 5.32 Å². The van der Waals surface area contributed by atoms with E-state index in [0.717, 1.165) is 30.2 Å². The van der Waals surface area contributed by atoms with Crippen LogP contribution >= 0.6 is 11.8 Å². The number of hydrogen-bond acceptors (Lipinski definition) is 5. The van der Waals surface area contributed by atoms with Crippen molar-refractivity contribution >= 4 is 11.8 Å². The zero-order valence-electron chi connectivity index (χ0n) is 12.2. The maximum absolute atomic E-state index is 9.24. The Morgan fingerprint density at radius 3 is 2.79 bits per heavy atom. The van der Waals surface area contributed by atoms with Crippen LogP contribution < -0.4 is 5.32 Å². The predicted octanol–water partition coefficient (Wildman–Crippen LogP) is 2.36. The average molecular weight is 281 g/mol. The zero-order valence-corrected chi connectivity index (χ0v) is 13.0. The molecule has 0 saturated carbocycles. The van der Waals surface area contributed by atoms with Crippen molar-refractivity contribution in [1.82, 2.24) is 20.1 Å². The molecule has 1 atom stereocenters. The third-order valence-electron chi connectivity index (χ3n) is 2.83. The van der Waals surface area contributed by atoms with Gasteiger partial charge in [-0.1, -0.05) is 11.8 Å². The Morgan fingerprint density at radius 2 is 2.26 bits per heavy atom. The molecular weight excluding hydrogens is 258 g/mol. The molecular formula is C13H23N5S. The number of unbranched alkanes of at least 4 members (excludes halogenated alkanes) is 1. The number of aryl methyl sites for hydroxylation is 1. The van der Waals surface area contributed by atoms with Crippen LogP contribution in [0.2, 0.25) is 0 Å². The first-order valence-electron chi connectivity index (χ1n) is 6.62. The molecule has 1 N–H and O–H groups in total. The Balaban J connectivity index is 2.23. The molecule has 0 aliphatic heterocycles. The van der Waals surface area contributed by atoms with E-state index in [1.54, 1.807) is 22.8 Å². The molecule has 1 unspecified atom stereocenters. The standard InChI is InChI=1S/C13H23N5S/c1-11(2)17-13(3,9-14)7-5-6-8-19-12-15-10-16-18(12)4/h10-11,17H,5-8H2,1-4H3. The van der Waals surface area contributed by atoms with Gasteiger partial charge in [-0.15, -0.1) is 0 Å². The van der Waals surface area contributed by atoms with Crippen LogP contribution in [0.15, 0.2) is 11.5 Å². The first-order chi connectivity index (χ1) is 8.97. The molecule has 0 fully saturated rings. The number of hydrogen-bond donors (Lipinski definition) is 1. The minimum atomic E-state index is -0.413. The lowest BCUT2D eigenvalue weighted by atomic mass is 9.96. The highest BCUT2D eigenvalue weighted by molar-refractivity contribution is 7.99. The Kier molecular flexibility index (Phi) is 6.32. The molecule has 1 rings (SSSR count). The Morgan fingerprint density at radius 1 is 1.53 bits per heavy atom. The van der Waals surface area contributed by atoms with E-state index in [-0.39, 0.29) is 0 Å². The van der Waals surface area contributed by atoms with Gasteiger partial charge < -0.3 is 0 Å². The zero-order chi connectivity index (χ0) is 14.3. The number of aromatic nitrogens is 3. The molecule has 0 amide bonds. The molecule has 6 heteroatoms. The Hall–Kier alpha value is -1.06. The van der Waals surface area contributed by atoms with E-state index in [9.17, 15) is 5.26 Å². The summed E-state index contributed by atoms with van der Waals surface area (Å²) in [5.74, 6) is 1.01. The summed E-state index contributed by atoms with van der Waals surface area (Å²) in [6.07, 6.45) is 4.56. The Bertz CT molecular complexity index is 423. The van der Waals surface area contributed by atoms with Gasteiger partial charge in [-0.2, -0.15) is 10.4 Å². The lowest BCUT2D eigenvalue weighted by Crippen LogP contribution is -2.44. The molecule has 0 saturated heterocycles. The van der Waals surface area contributed by atoms with Gasteiger partial charge in [0.1, 0.15) is 11.9 Å². The molecule has 5 nitrogen and oxygen atoms in total. The smallest absolute Gasteiger partial charge is 0.185 e. The van der Waals surface area contributed by atoms with E-state index < -0.39 is 5.54 Å². The summed E-state index contributed by atoms with van der Waals surface area (Å²) in [5.41, 5.74) is -0.413. The fraction of sp³-hybridized carbons (Fsp3) is 0.769. The van der Waals surface area contributed by atoms with Gasteiger partial charge >= 0.3 is 0 Å². The largest absolute Gasteiger partial charge is 0.297 e. The molecule has 1 heterocycles. The lowest BCUT2D eigenvalue weighted by Gasteiger charge is -2.25. The second-order valence-electron chi connectivity index (χ2n) is 5.21. The fourth-order valence-corrected chi connectivity index (χ4v) is 2.84. The Labute approximate surface area is 119 Å². The van der Waals surface area contributed by atoms with Gasteiger partial charge in [0.05, 0.1) is 6.07 Å². The van der Waals surface area contributed by atoms with E-state index >= 15 is 0 Å². The summed E-state index contributed by atoms with van der Waals surface area (Å²) >= 11 is 1.71. The molecule has 1 aromatic heterocycles. The monoisotopic (exact) mass is 281 g/mol. The quantitative estimate of drug-likeness (QED) is 0.585. The highest BCUT2D eigenvalue weighted by atomic mass is 32.2. The number of thioether (sulfide) groups is 1. The molecule has 106 valence electrons.